The van der Waals surface area contributed by atoms with E-state index in [4.69, 9.17) is 0 Å². The SMILES string of the molecule is CCn1nccc1C(O)Cc1cccc(C(F)(F)F)c1. The molecule has 1 atom stereocenters. The molecule has 0 amide bonds. The first-order valence-corrected chi connectivity index (χ1v) is 6.27. The molecular formula is C14H15F3N2O. The van der Waals surface area contributed by atoms with Gasteiger partial charge in [-0.05, 0) is 24.6 Å². The molecule has 0 aliphatic heterocycles. The van der Waals surface area contributed by atoms with Crippen molar-refractivity contribution in [2.24, 2.45) is 0 Å². The lowest BCUT2D eigenvalue weighted by Crippen LogP contribution is -2.11. The van der Waals surface area contributed by atoms with Crippen molar-refractivity contribution < 1.29 is 18.3 Å². The summed E-state index contributed by atoms with van der Waals surface area (Å²) in [5.74, 6) is 0. The third-order valence-corrected chi connectivity index (χ3v) is 3.07. The number of rotatable bonds is 4. The van der Waals surface area contributed by atoms with E-state index in [2.05, 4.69) is 5.10 Å². The van der Waals surface area contributed by atoms with Gasteiger partial charge in [0, 0.05) is 19.2 Å². The van der Waals surface area contributed by atoms with Crippen LogP contribution in [0.1, 0.15) is 29.8 Å². The highest BCUT2D eigenvalue weighted by Crippen LogP contribution is 2.30. The average Bonchev–Trinajstić information content (AvgIpc) is 2.86. The smallest absolute Gasteiger partial charge is 0.386 e. The number of alkyl halides is 3. The molecule has 0 saturated carbocycles. The third kappa shape index (κ3) is 3.19. The van der Waals surface area contributed by atoms with Gasteiger partial charge in [-0.3, -0.25) is 4.68 Å². The molecule has 2 aromatic rings. The molecule has 20 heavy (non-hydrogen) atoms. The molecule has 2 rings (SSSR count). The number of aromatic nitrogens is 2. The Morgan fingerprint density at radius 2 is 2.05 bits per heavy atom. The summed E-state index contributed by atoms with van der Waals surface area (Å²) in [7, 11) is 0. The van der Waals surface area contributed by atoms with Crippen molar-refractivity contribution in [3.8, 4) is 0 Å². The van der Waals surface area contributed by atoms with Crippen molar-refractivity contribution in [2.75, 3.05) is 0 Å². The summed E-state index contributed by atoms with van der Waals surface area (Å²) in [5, 5.41) is 14.2. The van der Waals surface area contributed by atoms with Crippen molar-refractivity contribution in [3.63, 3.8) is 0 Å². The number of halogens is 3. The molecule has 0 aliphatic rings. The van der Waals surface area contributed by atoms with Crippen molar-refractivity contribution in [2.45, 2.75) is 32.2 Å². The van der Waals surface area contributed by atoms with Crippen LogP contribution in [0.5, 0.6) is 0 Å². The first kappa shape index (κ1) is 14.6. The zero-order valence-corrected chi connectivity index (χ0v) is 10.9. The van der Waals surface area contributed by atoms with Crippen molar-refractivity contribution in [3.05, 3.63) is 53.3 Å². The Labute approximate surface area is 114 Å². The predicted octanol–water partition coefficient (Wildman–Crippen LogP) is 3.20. The normalized spacial score (nSPS) is 13.4. The second-order valence-corrected chi connectivity index (χ2v) is 4.49. The summed E-state index contributed by atoms with van der Waals surface area (Å²) in [6, 6.07) is 6.68. The fourth-order valence-electron chi connectivity index (χ4n) is 2.09. The number of hydrogen-bond acceptors (Lipinski definition) is 2. The van der Waals surface area contributed by atoms with Crippen LogP contribution in [0.3, 0.4) is 0 Å². The Morgan fingerprint density at radius 1 is 1.30 bits per heavy atom. The van der Waals surface area contributed by atoms with Gasteiger partial charge in [-0.15, -0.1) is 0 Å². The van der Waals surface area contributed by atoms with E-state index in [1.807, 2.05) is 6.92 Å². The highest BCUT2D eigenvalue weighted by atomic mass is 19.4. The number of aliphatic hydroxyl groups is 1. The molecule has 108 valence electrons. The van der Waals surface area contributed by atoms with E-state index >= 15 is 0 Å². The maximum Gasteiger partial charge on any atom is 0.416 e. The second-order valence-electron chi connectivity index (χ2n) is 4.49. The lowest BCUT2D eigenvalue weighted by Gasteiger charge is -2.14. The Kier molecular flexibility index (Phi) is 4.13. The van der Waals surface area contributed by atoms with Crippen LogP contribution in [0.25, 0.3) is 0 Å². The van der Waals surface area contributed by atoms with Gasteiger partial charge in [0.25, 0.3) is 0 Å². The maximum atomic E-state index is 12.6. The molecule has 0 spiro atoms. The van der Waals surface area contributed by atoms with Crippen LogP contribution in [0.15, 0.2) is 36.5 Å². The van der Waals surface area contributed by atoms with Gasteiger partial charge in [-0.25, -0.2) is 0 Å². The van der Waals surface area contributed by atoms with Crippen LogP contribution in [0, 0.1) is 0 Å². The van der Waals surface area contributed by atoms with Gasteiger partial charge in [0.1, 0.15) is 0 Å². The summed E-state index contributed by atoms with van der Waals surface area (Å²) >= 11 is 0. The van der Waals surface area contributed by atoms with Crippen LogP contribution in [0.4, 0.5) is 13.2 Å². The number of aryl methyl sites for hydroxylation is 1. The molecule has 3 nitrogen and oxygen atoms in total. The van der Waals surface area contributed by atoms with Gasteiger partial charge in [0.2, 0.25) is 0 Å². The van der Waals surface area contributed by atoms with Crippen LogP contribution >= 0.6 is 0 Å². The zero-order chi connectivity index (χ0) is 14.8. The topological polar surface area (TPSA) is 38.0 Å². The number of aliphatic hydroxyl groups excluding tert-OH is 1. The van der Waals surface area contributed by atoms with Gasteiger partial charge in [-0.2, -0.15) is 18.3 Å². The van der Waals surface area contributed by atoms with E-state index < -0.39 is 17.8 Å². The quantitative estimate of drug-likeness (QED) is 0.936. The van der Waals surface area contributed by atoms with Crippen LogP contribution in [0.2, 0.25) is 0 Å². The Balaban J connectivity index is 2.18. The Morgan fingerprint density at radius 3 is 2.70 bits per heavy atom. The van der Waals surface area contributed by atoms with Gasteiger partial charge in [-0.1, -0.05) is 18.2 Å². The molecule has 0 radical (unpaired) electrons. The predicted molar refractivity (Wildman–Crippen MR) is 68.0 cm³/mol. The number of benzene rings is 1. The molecule has 1 N–H and O–H groups in total. The lowest BCUT2D eigenvalue weighted by molar-refractivity contribution is -0.137. The molecule has 0 bridgehead atoms. The standard InChI is InChI=1S/C14H15F3N2O/c1-2-19-12(6-7-18-19)13(20)9-10-4-3-5-11(8-10)14(15,16)17/h3-8,13,20H,2,9H2,1H3. The summed E-state index contributed by atoms with van der Waals surface area (Å²) in [6.45, 7) is 2.48. The fraction of sp³-hybridized carbons (Fsp3) is 0.357. The van der Waals surface area contributed by atoms with Gasteiger partial charge < -0.3 is 5.11 Å². The summed E-state index contributed by atoms with van der Waals surface area (Å²) in [5.41, 5.74) is 0.340. The molecule has 1 aromatic carbocycles. The highest BCUT2D eigenvalue weighted by Gasteiger charge is 2.30. The molecule has 0 aliphatic carbocycles. The van der Waals surface area contributed by atoms with E-state index in [-0.39, 0.29) is 6.42 Å². The molecule has 0 saturated heterocycles. The van der Waals surface area contributed by atoms with E-state index in [0.29, 0.717) is 17.8 Å². The molecule has 1 aromatic heterocycles. The Bertz CT molecular complexity index is 578. The number of hydrogen-bond donors (Lipinski definition) is 1. The van der Waals surface area contributed by atoms with E-state index in [0.717, 1.165) is 12.1 Å². The Hall–Kier alpha value is -1.82. The van der Waals surface area contributed by atoms with Gasteiger partial charge >= 0.3 is 6.18 Å². The monoisotopic (exact) mass is 284 g/mol. The average molecular weight is 284 g/mol. The lowest BCUT2D eigenvalue weighted by atomic mass is 10.0. The van der Waals surface area contributed by atoms with E-state index in [9.17, 15) is 18.3 Å². The van der Waals surface area contributed by atoms with Crippen molar-refractivity contribution in [1.82, 2.24) is 9.78 Å². The van der Waals surface area contributed by atoms with Crippen LogP contribution < -0.4 is 0 Å². The van der Waals surface area contributed by atoms with Crippen molar-refractivity contribution >= 4 is 0 Å². The van der Waals surface area contributed by atoms with E-state index in [1.54, 1.807) is 23.0 Å². The molecule has 1 heterocycles. The largest absolute Gasteiger partial charge is 0.416 e. The summed E-state index contributed by atoms with van der Waals surface area (Å²) < 4.78 is 39.5. The first-order chi connectivity index (χ1) is 9.41. The summed E-state index contributed by atoms with van der Waals surface area (Å²) in [6.07, 6.45) is -3.56. The molecule has 6 heteroatoms. The van der Waals surface area contributed by atoms with Crippen molar-refractivity contribution in [1.29, 1.82) is 0 Å². The maximum absolute atomic E-state index is 12.6. The van der Waals surface area contributed by atoms with Crippen LogP contribution in [-0.4, -0.2) is 14.9 Å². The summed E-state index contributed by atoms with van der Waals surface area (Å²) in [4.78, 5) is 0. The zero-order valence-electron chi connectivity index (χ0n) is 10.9. The minimum Gasteiger partial charge on any atom is -0.386 e. The third-order valence-electron chi connectivity index (χ3n) is 3.07. The second kappa shape index (κ2) is 5.66. The van der Waals surface area contributed by atoms with Crippen LogP contribution in [-0.2, 0) is 19.1 Å². The minimum absolute atomic E-state index is 0.121. The molecule has 1 unspecified atom stereocenters. The highest BCUT2D eigenvalue weighted by molar-refractivity contribution is 5.27. The minimum atomic E-state index is -4.37. The van der Waals surface area contributed by atoms with Gasteiger partial charge in [0.05, 0.1) is 17.4 Å². The first-order valence-electron chi connectivity index (χ1n) is 6.27. The molecule has 0 fully saturated rings. The fourth-order valence-corrected chi connectivity index (χ4v) is 2.09. The number of nitrogens with zero attached hydrogens (tertiary/aromatic N) is 2. The molecular weight excluding hydrogens is 269 g/mol. The van der Waals surface area contributed by atoms with Gasteiger partial charge in [0.15, 0.2) is 0 Å². The van der Waals surface area contributed by atoms with E-state index in [1.165, 1.54) is 6.07 Å².